The van der Waals surface area contributed by atoms with Crippen LogP contribution in [0.2, 0.25) is 0 Å². The van der Waals surface area contributed by atoms with E-state index < -0.39 is 0 Å². The number of nitrogens with one attached hydrogen (secondary N) is 1. The first-order valence-electron chi connectivity index (χ1n) is 6.03. The molecular weight excluding hydrogens is 214 g/mol. The predicted molar refractivity (Wildman–Crippen MR) is 65.5 cm³/mol. The van der Waals surface area contributed by atoms with Crippen molar-refractivity contribution in [3.63, 3.8) is 0 Å². The smallest absolute Gasteiger partial charge is 0.140 e. The van der Waals surface area contributed by atoms with E-state index in [4.69, 9.17) is 5.26 Å². The fraction of sp³-hybridized carbons (Fsp3) is 0.538. The van der Waals surface area contributed by atoms with Gasteiger partial charge < -0.3 is 10.4 Å². The zero-order valence-electron chi connectivity index (χ0n) is 9.82. The molecule has 2 N–H and O–H groups in total. The molecule has 0 atom stereocenters. The number of anilines is 1. The number of pyridine rings is 1. The van der Waals surface area contributed by atoms with Gasteiger partial charge in [0.2, 0.25) is 0 Å². The molecule has 0 amide bonds. The van der Waals surface area contributed by atoms with Crippen LogP contribution in [-0.4, -0.2) is 22.2 Å². The molecule has 4 heteroatoms. The molecular formula is C13H17N3O. The van der Waals surface area contributed by atoms with E-state index in [9.17, 15) is 5.11 Å². The average molecular weight is 231 g/mol. The van der Waals surface area contributed by atoms with Gasteiger partial charge in [0.25, 0.3) is 0 Å². The third-order valence-electron chi connectivity index (χ3n) is 3.40. The van der Waals surface area contributed by atoms with Crippen molar-refractivity contribution in [3.8, 4) is 6.07 Å². The summed E-state index contributed by atoms with van der Waals surface area (Å²) in [7, 11) is 0. The van der Waals surface area contributed by atoms with E-state index in [2.05, 4.69) is 10.3 Å². The highest BCUT2D eigenvalue weighted by atomic mass is 16.3. The van der Waals surface area contributed by atoms with Gasteiger partial charge in [-0.3, -0.25) is 0 Å². The molecule has 1 saturated carbocycles. The van der Waals surface area contributed by atoms with Gasteiger partial charge in [-0.2, -0.15) is 5.26 Å². The number of hydrogen-bond acceptors (Lipinski definition) is 4. The minimum Gasteiger partial charge on any atom is -0.394 e. The van der Waals surface area contributed by atoms with Crippen molar-refractivity contribution < 1.29 is 5.11 Å². The Balaban J connectivity index is 2.09. The van der Waals surface area contributed by atoms with Crippen LogP contribution in [0.1, 0.15) is 37.8 Å². The predicted octanol–water partition coefficient (Wildman–Crippen LogP) is 2.06. The van der Waals surface area contributed by atoms with Crippen molar-refractivity contribution in [1.29, 1.82) is 5.26 Å². The second-order valence-electron chi connectivity index (χ2n) is 4.67. The summed E-state index contributed by atoms with van der Waals surface area (Å²) >= 11 is 0. The molecule has 2 rings (SSSR count). The third kappa shape index (κ3) is 2.75. The molecule has 4 nitrogen and oxygen atoms in total. The average Bonchev–Trinajstić information content (AvgIpc) is 2.41. The van der Waals surface area contributed by atoms with Crippen molar-refractivity contribution in [3.05, 3.63) is 24.0 Å². The van der Waals surface area contributed by atoms with Crippen LogP contribution in [0, 0.1) is 11.3 Å². The minimum absolute atomic E-state index is 0.146. The molecule has 0 unspecified atom stereocenters. The monoisotopic (exact) mass is 231 g/mol. The largest absolute Gasteiger partial charge is 0.394 e. The van der Waals surface area contributed by atoms with Gasteiger partial charge in [-0.05, 0) is 25.0 Å². The van der Waals surface area contributed by atoms with Crippen LogP contribution < -0.4 is 5.32 Å². The van der Waals surface area contributed by atoms with Gasteiger partial charge in [-0.15, -0.1) is 0 Å². The molecule has 17 heavy (non-hydrogen) atoms. The summed E-state index contributed by atoms with van der Waals surface area (Å²) in [5, 5.41) is 21.6. The van der Waals surface area contributed by atoms with Crippen LogP contribution in [0.4, 0.5) is 5.69 Å². The first-order chi connectivity index (χ1) is 8.28. The molecule has 1 aliphatic rings. The van der Waals surface area contributed by atoms with Gasteiger partial charge >= 0.3 is 0 Å². The Labute approximate surface area is 101 Å². The first-order valence-corrected chi connectivity index (χ1v) is 6.03. The zero-order chi connectivity index (χ0) is 12.1. The summed E-state index contributed by atoms with van der Waals surface area (Å²) in [6.07, 6.45) is 7.18. The Hall–Kier alpha value is -1.60. The molecule has 1 aromatic heterocycles. The Bertz CT molecular complexity index is 402. The summed E-state index contributed by atoms with van der Waals surface area (Å²) in [4.78, 5) is 4.02. The van der Waals surface area contributed by atoms with E-state index in [-0.39, 0.29) is 12.1 Å². The molecule has 90 valence electrons. The van der Waals surface area contributed by atoms with E-state index in [1.807, 2.05) is 12.1 Å². The second-order valence-corrected chi connectivity index (χ2v) is 4.67. The maximum atomic E-state index is 9.57. The lowest BCUT2D eigenvalue weighted by Gasteiger charge is -2.37. The summed E-state index contributed by atoms with van der Waals surface area (Å²) in [6.45, 7) is 0.146. The highest BCUT2D eigenvalue weighted by Gasteiger charge is 2.31. The molecule has 1 fully saturated rings. The van der Waals surface area contributed by atoms with Crippen LogP contribution in [0.5, 0.6) is 0 Å². The lowest BCUT2D eigenvalue weighted by atomic mass is 9.82. The Morgan fingerprint density at radius 1 is 1.35 bits per heavy atom. The maximum absolute atomic E-state index is 9.57. The highest BCUT2D eigenvalue weighted by molar-refractivity contribution is 5.45. The second kappa shape index (κ2) is 5.15. The Morgan fingerprint density at radius 2 is 2.12 bits per heavy atom. The van der Waals surface area contributed by atoms with Crippen LogP contribution in [-0.2, 0) is 0 Å². The zero-order valence-corrected chi connectivity index (χ0v) is 9.82. The van der Waals surface area contributed by atoms with Crippen molar-refractivity contribution in [2.45, 2.75) is 37.6 Å². The molecule has 0 saturated heterocycles. The van der Waals surface area contributed by atoms with E-state index in [1.54, 1.807) is 12.3 Å². The number of hydrogen-bond donors (Lipinski definition) is 2. The van der Waals surface area contributed by atoms with Gasteiger partial charge in [-0.1, -0.05) is 19.3 Å². The molecule has 1 aliphatic carbocycles. The molecule has 0 radical (unpaired) electrons. The summed E-state index contributed by atoms with van der Waals surface area (Å²) in [5.41, 5.74) is 1.09. The van der Waals surface area contributed by atoms with E-state index in [0.29, 0.717) is 5.69 Å². The third-order valence-corrected chi connectivity index (χ3v) is 3.40. The van der Waals surface area contributed by atoms with Gasteiger partial charge in [0.05, 0.1) is 24.0 Å². The van der Waals surface area contributed by atoms with Crippen molar-refractivity contribution in [1.82, 2.24) is 4.98 Å². The standard InChI is InChI=1S/C13H17N3O/c14-8-11-4-5-12(9-15-11)16-13(10-17)6-2-1-3-7-13/h4-5,9,16-17H,1-3,6-7,10H2. The van der Waals surface area contributed by atoms with E-state index in [1.165, 1.54) is 6.42 Å². The number of aliphatic hydroxyl groups excluding tert-OH is 1. The lowest BCUT2D eigenvalue weighted by molar-refractivity contribution is 0.173. The summed E-state index contributed by atoms with van der Waals surface area (Å²) in [6, 6.07) is 5.53. The fourth-order valence-corrected chi connectivity index (χ4v) is 2.39. The number of aromatic nitrogens is 1. The van der Waals surface area contributed by atoms with Gasteiger partial charge in [0.1, 0.15) is 11.8 Å². The van der Waals surface area contributed by atoms with Gasteiger partial charge in [-0.25, -0.2) is 4.98 Å². The van der Waals surface area contributed by atoms with Crippen LogP contribution in [0.3, 0.4) is 0 Å². The van der Waals surface area contributed by atoms with Gasteiger partial charge in [0, 0.05) is 0 Å². The van der Waals surface area contributed by atoms with E-state index in [0.717, 1.165) is 31.4 Å². The molecule has 1 aromatic rings. The molecule has 0 bridgehead atoms. The fourth-order valence-electron chi connectivity index (χ4n) is 2.39. The van der Waals surface area contributed by atoms with Crippen molar-refractivity contribution in [2.75, 3.05) is 11.9 Å². The van der Waals surface area contributed by atoms with Crippen LogP contribution in [0.25, 0.3) is 0 Å². The van der Waals surface area contributed by atoms with Crippen molar-refractivity contribution >= 4 is 5.69 Å². The molecule has 0 aromatic carbocycles. The molecule has 1 heterocycles. The highest BCUT2D eigenvalue weighted by Crippen LogP contribution is 2.31. The molecule has 0 aliphatic heterocycles. The topological polar surface area (TPSA) is 68.9 Å². The van der Waals surface area contributed by atoms with Crippen LogP contribution >= 0.6 is 0 Å². The number of nitrogens with zero attached hydrogens (tertiary/aromatic N) is 2. The summed E-state index contributed by atoms with van der Waals surface area (Å²) in [5.74, 6) is 0. The normalized spacial score (nSPS) is 18.4. The number of aliphatic hydroxyl groups is 1. The molecule has 0 spiro atoms. The maximum Gasteiger partial charge on any atom is 0.140 e. The lowest BCUT2D eigenvalue weighted by Crippen LogP contribution is -2.43. The Kier molecular flexibility index (Phi) is 3.60. The van der Waals surface area contributed by atoms with Gasteiger partial charge in [0.15, 0.2) is 0 Å². The summed E-state index contributed by atoms with van der Waals surface area (Å²) < 4.78 is 0. The minimum atomic E-state index is -0.200. The first kappa shape index (κ1) is 11.9. The Morgan fingerprint density at radius 3 is 2.65 bits per heavy atom. The number of rotatable bonds is 3. The SMILES string of the molecule is N#Cc1ccc(NC2(CO)CCCCC2)cn1. The quantitative estimate of drug-likeness (QED) is 0.835. The number of nitriles is 1. The van der Waals surface area contributed by atoms with Crippen LogP contribution in [0.15, 0.2) is 18.3 Å². The van der Waals surface area contributed by atoms with Crippen molar-refractivity contribution in [2.24, 2.45) is 0 Å². The van der Waals surface area contributed by atoms with E-state index >= 15 is 0 Å².